The van der Waals surface area contributed by atoms with E-state index in [0.29, 0.717) is 0 Å². The number of amides is 2. The smallest absolute Gasteiger partial charge is 0.246 e. The fourth-order valence-corrected chi connectivity index (χ4v) is 3.71. The zero-order valence-corrected chi connectivity index (χ0v) is 14.1. The Morgan fingerprint density at radius 2 is 1.81 bits per heavy atom. The van der Waals surface area contributed by atoms with E-state index in [4.69, 9.17) is 0 Å². The number of rotatable bonds is 3. The first-order valence-corrected chi connectivity index (χ1v) is 8.40. The van der Waals surface area contributed by atoms with Crippen molar-refractivity contribution in [3.05, 3.63) is 0 Å². The number of hydrogen-bond donors (Lipinski definition) is 1. The molecule has 1 aliphatic carbocycles. The summed E-state index contributed by atoms with van der Waals surface area (Å²) >= 11 is 0. The lowest BCUT2D eigenvalue weighted by Gasteiger charge is -2.48. The van der Waals surface area contributed by atoms with Crippen LogP contribution in [0, 0.1) is 11.3 Å². The Morgan fingerprint density at radius 3 is 2.29 bits per heavy atom. The second-order valence-electron chi connectivity index (χ2n) is 7.82. The van der Waals surface area contributed by atoms with Gasteiger partial charge in [-0.25, -0.2) is 0 Å². The number of carbonyl (C=O) groups excluding carboxylic acids is 2. The number of carbonyl (C=O) groups is 2. The molecular formula is C17H30N2O2. The van der Waals surface area contributed by atoms with Gasteiger partial charge in [0, 0.05) is 6.04 Å². The van der Waals surface area contributed by atoms with E-state index >= 15 is 0 Å². The quantitative estimate of drug-likeness (QED) is 0.870. The summed E-state index contributed by atoms with van der Waals surface area (Å²) in [5.74, 6) is 0.348. The standard InChI is InChI=1S/C17H30N2O2/c1-6-11(2)13-16(21)19(12-9-7-8-10-12)14(15(20)18-13)17(3,4)5/h11-14H,6-10H2,1-5H3,(H,18,20). The summed E-state index contributed by atoms with van der Waals surface area (Å²) < 4.78 is 0. The molecule has 4 heteroatoms. The highest BCUT2D eigenvalue weighted by Crippen LogP contribution is 2.35. The van der Waals surface area contributed by atoms with Crippen LogP contribution in [-0.4, -0.2) is 34.8 Å². The molecule has 2 rings (SSSR count). The molecule has 0 bridgehead atoms. The second kappa shape index (κ2) is 5.98. The van der Waals surface area contributed by atoms with Crippen molar-refractivity contribution in [3.63, 3.8) is 0 Å². The van der Waals surface area contributed by atoms with E-state index in [1.165, 1.54) is 12.8 Å². The molecular weight excluding hydrogens is 264 g/mol. The van der Waals surface area contributed by atoms with E-state index in [9.17, 15) is 9.59 Å². The maximum absolute atomic E-state index is 13.0. The Bertz CT molecular complexity index is 408. The number of hydrogen-bond acceptors (Lipinski definition) is 2. The summed E-state index contributed by atoms with van der Waals surface area (Å²) in [6.07, 6.45) is 5.31. The summed E-state index contributed by atoms with van der Waals surface area (Å²) in [4.78, 5) is 27.7. The van der Waals surface area contributed by atoms with E-state index < -0.39 is 0 Å². The molecule has 0 radical (unpaired) electrons. The fourth-order valence-electron chi connectivity index (χ4n) is 3.71. The second-order valence-corrected chi connectivity index (χ2v) is 7.82. The van der Waals surface area contributed by atoms with Crippen LogP contribution in [0.4, 0.5) is 0 Å². The largest absolute Gasteiger partial charge is 0.342 e. The van der Waals surface area contributed by atoms with Gasteiger partial charge >= 0.3 is 0 Å². The van der Waals surface area contributed by atoms with E-state index in [-0.39, 0.29) is 41.3 Å². The van der Waals surface area contributed by atoms with Gasteiger partial charge in [-0.15, -0.1) is 0 Å². The molecule has 0 aromatic carbocycles. The lowest BCUT2D eigenvalue weighted by Crippen LogP contribution is -2.69. The normalized spacial score (nSPS) is 29.7. The third-order valence-corrected chi connectivity index (χ3v) is 5.10. The molecule has 2 fully saturated rings. The van der Waals surface area contributed by atoms with E-state index in [1.807, 2.05) is 11.8 Å². The highest BCUT2D eigenvalue weighted by molar-refractivity contribution is 5.97. The molecule has 0 spiro atoms. The maximum Gasteiger partial charge on any atom is 0.246 e. The van der Waals surface area contributed by atoms with Crippen LogP contribution in [0.15, 0.2) is 0 Å². The first kappa shape index (κ1) is 16.3. The summed E-state index contributed by atoms with van der Waals surface area (Å²) in [5, 5.41) is 3.00. The van der Waals surface area contributed by atoms with Crippen LogP contribution in [0.5, 0.6) is 0 Å². The van der Waals surface area contributed by atoms with Gasteiger partial charge in [-0.05, 0) is 24.2 Å². The van der Waals surface area contributed by atoms with Crippen LogP contribution in [0.2, 0.25) is 0 Å². The molecule has 4 nitrogen and oxygen atoms in total. The average molecular weight is 294 g/mol. The van der Waals surface area contributed by atoms with Crippen molar-refractivity contribution in [1.82, 2.24) is 10.2 Å². The molecule has 2 amide bonds. The van der Waals surface area contributed by atoms with Crippen LogP contribution in [0.1, 0.15) is 66.7 Å². The summed E-state index contributed by atoms with van der Waals surface area (Å²) in [5.41, 5.74) is -0.233. The molecule has 0 aromatic rings. The van der Waals surface area contributed by atoms with Crippen molar-refractivity contribution in [3.8, 4) is 0 Å². The lowest BCUT2D eigenvalue weighted by molar-refractivity contribution is -0.158. The van der Waals surface area contributed by atoms with Gasteiger partial charge in [0.1, 0.15) is 12.1 Å². The van der Waals surface area contributed by atoms with Crippen LogP contribution in [0.3, 0.4) is 0 Å². The SMILES string of the molecule is CCC(C)C1NC(=O)C(C(C)(C)C)N(C2CCCC2)C1=O. The molecule has 120 valence electrons. The molecule has 3 unspecified atom stereocenters. The Balaban J connectivity index is 2.34. The van der Waals surface area contributed by atoms with Gasteiger partial charge in [-0.1, -0.05) is 53.9 Å². The first-order valence-electron chi connectivity index (χ1n) is 8.40. The molecule has 1 aliphatic heterocycles. The first-order chi connectivity index (χ1) is 9.77. The van der Waals surface area contributed by atoms with Gasteiger partial charge in [0.2, 0.25) is 11.8 Å². The van der Waals surface area contributed by atoms with Gasteiger partial charge in [0.15, 0.2) is 0 Å². The molecule has 1 N–H and O–H groups in total. The zero-order chi connectivity index (χ0) is 15.8. The molecule has 3 atom stereocenters. The Kier molecular flexibility index (Phi) is 4.64. The Labute approximate surface area is 128 Å². The van der Waals surface area contributed by atoms with E-state index in [1.54, 1.807) is 0 Å². The summed E-state index contributed by atoms with van der Waals surface area (Å²) in [6, 6.07) is -0.436. The average Bonchev–Trinajstić information content (AvgIpc) is 2.91. The van der Waals surface area contributed by atoms with Gasteiger partial charge in [-0.3, -0.25) is 9.59 Å². The predicted molar refractivity (Wildman–Crippen MR) is 83.7 cm³/mol. The van der Waals surface area contributed by atoms with Crippen LogP contribution in [-0.2, 0) is 9.59 Å². The Morgan fingerprint density at radius 1 is 1.24 bits per heavy atom. The monoisotopic (exact) mass is 294 g/mol. The minimum Gasteiger partial charge on any atom is -0.342 e. The summed E-state index contributed by atoms with van der Waals surface area (Å²) in [7, 11) is 0. The highest BCUT2D eigenvalue weighted by Gasteiger charge is 2.49. The van der Waals surface area contributed by atoms with Gasteiger partial charge in [-0.2, -0.15) is 0 Å². The highest BCUT2D eigenvalue weighted by atomic mass is 16.2. The maximum atomic E-state index is 13.0. The molecule has 0 aromatic heterocycles. The third-order valence-electron chi connectivity index (χ3n) is 5.10. The molecule has 2 aliphatic rings. The van der Waals surface area contributed by atoms with Crippen LogP contribution >= 0.6 is 0 Å². The number of nitrogens with one attached hydrogen (secondary N) is 1. The molecule has 1 saturated carbocycles. The van der Waals surface area contributed by atoms with Crippen LogP contribution in [0.25, 0.3) is 0 Å². The van der Waals surface area contributed by atoms with Crippen molar-refractivity contribution >= 4 is 11.8 Å². The van der Waals surface area contributed by atoms with Crippen molar-refractivity contribution in [2.45, 2.75) is 84.8 Å². The molecule has 1 heterocycles. The van der Waals surface area contributed by atoms with Crippen LogP contribution < -0.4 is 5.32 Å². The van der Waals surface area contributed by atoms with Crippen molar-refractivity contribution in [2.75, 3.05) is 0 Å². The summed E-state index contributed by atoms with van der Waals surface area (Å²) in [6.45, 7) is 10.3. The van der Waals surface area contributed by atoms with Gasteiger partial charge < -0.3 is 10.2 Å². The minimum atomic E-state index is -0.346. The predicted octanol–water partition coefficient (Wildman–Crippen LogP) is 2.72. The lowest BCUT2D eigenvalue weighted by atomic mass is 9.80. The fraction of sp³-hybridized carbons (Fsp3) is 0.882. The van der Waals surface area contributed by atoms with Crippen molar-refractivity contribution < 1.29 is 9.59 Å². The topological polar surface area (TPSA) is 49.4 Å². The van der Waals surface area contributed by atoms with Crippen molar-refractivity contribution in [1.29, 1.82) is 0 Å². The van der Waals surface area contributed by atoms with E-state index in [2.05, 4.69) is 33.0 Å². The Hall–Kier alpha value is -1.06. The van der Waals surface area contributed by atoms with Crippen molar-refractivity contribution in [2.24, 2.45) is 11.3 Å². The third kappa shape index (κ3) is 3.09. The number of nitrogens with zero attached hydrogens (tertiary/aromatic N) is 1. The zero-order valence-electron chi connectivity index (χ0n) is 14.1. The van der Waals surface area contributed by atoms with Gasteiger partial charge in [0.05, 0.1) is 0 Å². The van der Waals surface area contributed by atoms with Gasteiger partial charge in [0.25, 0.3) is 0 Å². The van der Waals surface area contributed by atoms with E-state index in [0.717, 1.165) is 19.3 Å². The molecule has 1 saturated heterocycles. The minimum absolute atomic E-state index is 0.0271. The number of piperazine rings is 1. The molecule has 21 heavy (non-hydrogen) atoms.